The highest BCUT2D eigenvalue weighted by molar-refractivity contribution is 5.67. The van der Waals surface area contributed by atoms with E-state index in [-0.39, 0.29) is 24.2 Å². The van der Waals surface area contributed by atoms with Crippen molar-refractivity contribution in [2.24, 2.45) is 46.3 Å². The maximum absolute atomic E-state index is 12.6. The van der Waals surface area contributed by atoms with E-state index in [2.05, 4.69) is 46.0 Å². The van der Waals surface area contributed by atoms with Gasteiger partial charge in [-0.3, -0.25) is 0 Å². The van der Waals surface area contributed by atoms with Crippen LogP contribution in [0.3, 0.4) is 0 Å². The Morgan fingerprint density at radius 3 is 2.65 bits per heavy atom. The first-order valence-electron chi connectivity index (χ1n) is 17.7. The first kappa shape index (κ1) is 33.2. The summed E-state index contributed by atoms with van der Waals surface area (Å²) >= 11 is 0. The van der Waals surface area contributed by atoms with Gasteiger partial charge in [-0.05, 0) is 97.7 Å². The number of ether oxygens (including phenoxy) is 3. The molecule has 0 spiro atoms. The first-order chi connectivity index (χ1) is 20.5. The lowest BCUT2D eigenvalue weighted by molar-refractivity contribution is -0.143. The number of alkyl carbamates (subject to hydrolysis) is 1. The number of aliphatic hydroxyl groups is 2. The normalized spacial score (nSPS) is 41.3. The molecule has 7 heteroatoms. The van der Waals surface area contributed by atoms with Crippen molar-refractivity contribution in [3.8, 4) is 0 Å². The molecule has 7 nitrogen and oxygen atoms in total. The summed E-state index contributed by atoms with van der Waals surface area (Å²) in [5, 5.41) is 21.9. The quantitative estimate of drug-likeness (QED) is 0.164. The Balaban J connectivity index is 1.07. The molecule has 43 heavy (non-hydrogen) atoms. The monoisotopic (exact) mass is 603 g/mol. The molecule has 4 fully saturated rings. The number of aliphatic hydroxyl groups excluding tert-OH is 2. The van der Waals surface area contributed by atoms with Gasteiger partial charge in [-0.1, -0.05) is 65.5 Å². The van der Waals surface area contributed by atoms with Crippen LogP contribution in [0.5, 0.6) is 0 Å². The maximum atomic E-state index is 12.6. The topological polar surface area (TPSA) is 97.3 Å². The summed E-state index contributed by atoms with van der Waals surface area (Å²) in [6, 6.07) is 0. The Morgan fingerprint density at radius 2 is 1.91 bits per heavy atom. The molecule has 0 aromatic heterocycles. The number of rotatable bonds is 12. The summed E-state index contributed by atoms with van der Waals surface area (Å²) in [6.07, 6.45) is 15.3. The van der Waals surface area contributed by atoms with Gasteiger partial charge >= 0.3 is 6.09 Å². The highest BCUT2D eigenvalue weighted by atomic mass is 16.7. The second-order valence-electron chi connectivity index (χ2n) is 15.8. The van der Waals surface area contributed by atoms with E-state index < -0.39 is 18.5 Å². The second-order valence-corrected chi connectivity index (χ2v) is 15.8. The summed E-state index contributed by atoms with van der Waals surface area (Å²) in [7, 11) is 0. The van der Waals surface area contributed by atoms with Crippen LogP contribution in [0.15, 0.2) is 11.6 Å². The van der Waals surface area contributed by atoms with Gasteiger partial charge in [0, 0.05) is 19.4 Å². The number of hydrogen-bond donors (Lipinski definition) is 3. The van der Waals surface area contributed by atoms with E-state index in [1.54, 1.807) is 5.57 Å². The highest BCUT2D eigenvalue weighted by Crippen LogP contribution is 2.67. The molecule has 5 rings (SSSR count). The summed E-state index contributed by atoms with van der Waals surface area (Å²) in [5.74, 6) is 5.00. The highest BCUT2D eigenvalue weighted by Gasteiger charge is 2.59. The molecule has 0 aromatic carbocycles. The van der Waals surface area contributed by atoms with Crippen molar-refractivity contribution in [2.75, 3.05) is 19.8 Å². The van der Waals surface area contributed by atoms with Gasteiger partial charge in [0.15, 0.2) is 6.29 Å². The molecule has 5 aliphatic rings. The van der Waals surface area contributed by atoms with Gasteiger partial charge in [0.05, 0.1) is 19.3 Å². The molecule has 0 unspecified atom stereocenters. The zero-order valence-corrected chi connectivity index (χ0v) is 27.7. The lowest BCUT2D eigenvalue weighted by Crippen LogP contribution is -2.51. The minimum absolute atomic E-state index is 0.0488. The fourth-order valence-electron chi connectivity index (χ4n) is 10.4. The number of allylic oxidation sites excluding steroid dienone is 1. The van der Waals surface area contributed by atoms with Crippen molar-refractivity contribution >= 4 is 6.09 Å². The van der Waals surface area contributed by atoms with Crippen LogP contribution in [0, 0.1) is 46.3 Å². The lowest BCUT2D eigenvalue weighted by Gasteiger charge is -2.58. The Labute approximate surface area is 260 Å². The maximum Gasteiger partial charge on any atom is 0.407 e. The minimum Gasteiger partial charge on any atom is -0.446 e. The molecule has 0 aromatic rings. The summed E-state index contributed by atoms with van der Waals surface area (Å²) in [5.41, 5.74) is 2.31. The number of carbonyl (C=O) groups excluding carboxylic acids is 1. The molecular formula is C36H61NO6. The fourth-order valence-corrected chi connectivity index (χ4v) is 10.4. The smallest absolute Gasteiger partial charge is 0.407 e. The van der Waals surface area contributed by atoms with Gasteiger partial charge in [-0.25, -0.2) is 4.79 Å². The first-order valence-corrected chi connectivity index (χ1v) is 17.7. The fraction of sp³-hybridized carbons (Fsp3) is 0.917. The van der Waals surface area contributed by atoms with Gasteiger partial charge in [-0.2, -0.15) is 0 Å². The number of fused-ring (bicyclic) bond motifs is 5. The largest absolute Gasteiger partial charge is 0.446 e. The third kappa shape index (κ3) is 7.15. The van der Waals surface area contributed by atoms with E-state index in [1.807, 2.05) is 0 Å². The Hall–Kier alpha value is -1.15. The molecule has 0 bridgehead atoms. The average molecular weight is 604 g/mol. The van der Waals surface area contributed by atoms with E-state index in [0.29, 0.717) is 31.4 Å². The van der Waals surface area contributed by atoms with Crippen LogP contribution in [0.25, 0.3) is 0 Å². The molecule has 0 radical (unpaired) electrons. The van der Waals surface area contributed by atoms with Crippen LogP contribution >= 0.6 is 0 Å². The molecule has 1 aliphatic heterocycles. The molecule has 1 saturated heterocycles. The van der Waals surface area contributed by atoms with Gasteiger partial charge in [0.25, 0.3) is 0 Å². The third-order valence-electron chi connectivity index (χ3n) is 12.8. The van der Waals surface area contributed by atoms with Crippen LogP contribution in [0.1, 0.15) is 118 Å². The number of hydrogen-bond acceptors (Lipinski definition) is 6. The second kappa shape index (κ2) is 14.1. The van der Waals surface area contributed by atoms with Crippen molar-refractivity contribution in [3.05, 3.63) is 11.6 Å². The third-order valence-corrected chi connectivity index (χ3v) is 12.8. The summed E-state index contributed by atoms with van der Waals surface area (Å²) in [4.78, 5) is 12.6. The van der Waals surface area contributed by atoms with Crippen LogP contribution in [0.2, 0.25) is 0 Å². The van der Waals surface area contributed by atoms with Crippen molar-refractivity contribution < 1.29 is 29.2 Å². The number of nitrogens with one attached hydrogen (secondary N) is 1. The van der Waals surface area contributed by atoms with Crippen molar-refractivity contribution in [1.29, 1.82) is 0 Å². The van der Waals surface area contributed by atoms with E-state index in [4.69, 9.17) is 14.2 Å². The zero-order chi connectivity index (χ0) is 30.8. The van der Waals surface area contributed by atoms with E-state index in [9.17, 15) is 15.0 Å². The molecule has 1 amide bonds. The summed E-state index contributed by atoms with van der Waals surface area (Å²) in [6.45, 7) is 13.1. The van der Waals surface area contributed by atoms with Crippen molar-refractivity contribution in [2.45, 2.75) is 143 Å². The molecule has 3 saturated carbocycles. The molecular weight excluding hydrogens is 542 g/mol. The van der Waals surface area contributed by atoms with E-state index in [1.165, 1.54) is 51.4 Å². The Bertz CT molecular complexity index is 969. The van der Waals surface area contributed by atoms with Crippen LogP contribution in [-0.4, -0.2) is 60.7 Å². The van der Waals surface area contributed by atoms with Crippen LogP contribution in [0.4, 0.5) is 4.79 Å². The van der Waals surface area contributed by atoms with Gasteiger partial charge < -0.3 is 29.7 Å². The SMILES string of the molecule is CC(C)CCC[C@@H](C)[C@H]1CC[C@H]2[C@@H]3CC=C4C[C@@H](OC(=O)NCCCO[C@@H]5C[C@H](O)[C@@H](CO)O5)CC[C@]4(C)[C@H]3CC[C@]12C. The molecule has 3 N–H and O–H groups in total. The predicted molar refractivity (Wildman–Crippen MR) is 168 cm³/mol. The van der Waals surface area contributed by atoms with Crippen molar-refractivity contribution in [3.63, 3.8) is 0 Å². The van der Waals surface area contributed by atoms with Gasteiger partial charge in [0.1, 0.15) is 12.2 Å². The van der Waals surface area contributed by atoms with E-state index in [0.717, 1.165) is 54.8 Å². The van der Waals surface area contributed by atoms with Crippen LogP contribution in [-0.2, 0) is 14.2 Å². The number of carbonyl (C=O) groups is 1. The van der Waals surface area contributed by atoms with Gasteiger partial charge in [-0.15, -0.1) is 0 Å². The lowest BCUT2D eigenvalue weighted by atomic mass is 9.47. The minimum atomic E-state index is -0.697. The Kier molecular flexibility index (Phi) is 10.9. The number of amides is 1. The van der Waals surface area contributed by atoms with E-state index >= 15 is 0 Å². The van der Waals surface area contributed by atoms with Crippen molar-refractivity contribution in [1.82, 2.24) is 5.32 Å². The zero-order valence-electron chi connectivity index (χ0n) is 27.7. The predicted octanol–water partition coefficient (Wildman–Crippen LogP) is 7.00. The van der Waals surface area contributed by atoms with Crippen LogP contribution < -0.4 is 5.32 Å². The average Bonchev–Trinajstić information content (AvgIpc) is 3.51. The van der Waals surface area contributed by atoms with Gasteiger partial charge in [0.2, 0.25) is 0 Å². The Morgan fingerprint density at radius 1 is 1.09 bits per heavy atom. The standard InChI is InChI=1S/C36H61NO6/c1-23(2)8-6-9-24(3)28-12-13-29-27-11-10-25-20-26(14-16-35(25,4)30(27)15-17-36(28,29)5)42-34(40)37-18-7-19-41-33-21-31(39)32(22-38)43-33/h10,23-24,26-33,38-39H,6-9,11-22H2,1-5H3,(H,37,40)/t24-,26+,27+,28-,29+,30+,31+,32-,33+,35+,36-/m1/s1. The molecule has 11 atom stereocenters. The molecule has 246 valence electrons. The molecule has 4 aliphatic carbocycles. The molecule has 1 heterocycles. The summed E-state index contributed by atoms with van der Waals surface area (Å²) < 4.78 is 17.0.